The van der Waals surface area contributed by atoms with Crippen LogP contribution in [0.1, 0.15) is 156 Å². The van der Waals surface area contributed by atoms with E-state index in [2.05, 4.69) is 138 Å². The van der Waals surface area contributed by atoms with E-state index in [1.165, 1.54) is 53.5 Å². The zero-order chi connectivity index (χ0) is 34.9. The molecule has 0 bridgehead atoms. The van der Waals surface area contributed by atoms with Crippen LogP contribution in [0.25, 0.3) is 12.2 Å². The number of aryl methyl sites for hydroxylation is 1. The van der Waals surface area contributed by atoms with Crippen molar-refractivity contribution in [3.8, 4) is 0 Å². The van der Waals surface area contributed by atoms with Gasteiger partial charge in [-0.05, 0) is 124 Å². The lowest BCUT2D eigenvalue weighted by atomic mass is 9.84. The lowest BCUT2D eigenvalue weighted by molar-refractivity contribution is -0.217. The van der Waals surface area contributed by atoms with Crippen LogP contribution in [-0.2, 0) is 35.9 Å². The monoisotopic (exact) mass is 676 g/mol. The highest BCUT2D eigenvalue weighted by molar-refractivity contribution is 6.32. The number of benzene rings is 2. The van der Waals surface area contributed by atoms with Gasteiger partial charge in [0, 0.05) is 6.61 Å². The van der Waals surface area contributed by atoms with E-state index < -0.39 is 11.2 Å². The van der Waals surface area contributed by atoms with Crippen molar-refractivity contribution in [2.45, 2.75) is 168 Å². The van der Waals surface area contributed by atoms with E-state index >= 15 is 0 Å². The van der Waals surface area contributed by atoms with Crippen molar-refractivity contribution < 1.29 is 18.3 Å². The van der Waals surface area contributed by atoms with E-state index in [1.807, 2.05) is 0 Å². The summed E-state index contributed by atoms with van der Waals surface area (Å²) >= 11 is 0. The zero-order valence-corrected chi connectivity index (χ0v) is 33.8. The molecular formula is C41H64O4Si2. The van der Waals surface area contributed by atoms with Crippen molar-refractivity contribution in [2.24, 2.45) is 0 Å². The van der Waals surface area contributed by atoms with Crippen LogP contribution < -0.4 is 0 Å². The number of hydrogen-bond donors (Lipinski definition) is 0. The van der Waals surface area contributed by atoms with Crippen molar-refractivity contribution >= 4 is 31.7 Å². The number of hydrogen-bond acceptors (Lipinski definition) is 4. The van der Waals surface area contributed by atoms with E-state index in [4.69, 9.17) is 18.3 Å². The molecule has 0 amide bonds. The molecule has 0 N–H and O–H groups in total. The first kappa shape index (κ1) is 39.9. The molecule has 0 aromatic heterocycles. The van der Waals surface area contributed by atoms with Gasteiger partial charge in [-0.15, -0.1) is 0 Å². The van der Waals surface area contributed by atoms with Crippen LogP contribution in [0.2, 0.25) is 10.1 Å². The maximum absolute atomic E-state index is 6.63. The van der Waals surface area contributed by atoms with Crippen molar-refractivity contribution in [3.63, 3.8) is 0 Å². The Morgan fingerprint density at radius 1 is 0.681 bits per heavy atom. The summed E-state index contributed by atoms with van der Waals surface area (Å²) in [4.78, 5) is 0. The Balaban J connectivity index is 1.62. The average Bonchev–Trinajstić information content (AvgIpc) is 2.98. The Labute approximate surface area is 293 Å². The summed E-state index contributed by atoms with van der Waals surface area (Å²) in [5.74, 6) is 0. The van der Waals surface area contributed by atoms with E-state index in [9.17, 15) is 0 Å². The topological polar surface area (TPSA) is 36.9 Å². The van der Waals surface area contributed by atoms with Gasteiger partial charge in [0.1, 0.15) is 0 Å². The summed E-state index contributed by atoms with van der Waals surface area (Å²) in [5.41, 5.74) is 5.15. The molecule has 1 atom stereocenters. The van der Waals surface area contributed by atoms with Gasteiger partial charge in [-0.2, -0.15) is 0 Å². The molecule has 4 radical (unpaired) electrons. The van der Waals surface area contributed by atoms with Crippen LogP contribution in [0.3, 0.4) is 0 Å². The molecule has 6 heteroatoms. The van der Waals surface area contributed by atoms with Gasteiger partial charge in [0.25, 0.3) is 0 Å². The molecule has 2 aromatic rings. The van der Waals surface area contributed by atoms with Crippen molar-refractivity contribution in [2.75, 3.05) is 6.61 Å². The predicted octanol–water partition coefficient (Wildman–Crippen LogP) is 11.5. The Bertz CT molecular complexity index is 1260. The molecule has 1 saturated heterocycles. The Morgan fingerprint density at radius 3 is 1.83 bits per heavy atom. The highest BCUT2D eigenvalue weighted by Crippen LogP contribution is 2.39. The van der Waals surface area contributed by atoms with Crippen LogP contribution in [0, 0.1) is 0 Å². The summed E-state index contributed by atoms with van der Waals surface area (Å²) < 4.78 is 25.2. The molecule has 4 nitrogen and oxygen atoms in total. The fourth-order valence-electron chi connectivity index (χ4n) is 5.62. The maximum atomic E-state index is 6.63. The summed E-state index contributed by atoms with van der Waals surface area (Å²) in [7, 11) is 0.796. The molecule has 1 fully saturated rings. The second-order valence-electron chi connectivity index (χ2n) is 17.0. The second-order valence-corrected chi connectivity index (χ2v) is 20.9. The molecule has 47 heavy (non-hydrogen) atoms. The van der Waals surface area contributed by atoms with Gasteiger partial charge in [-0.3, -0.25) is 0 Å². The van der Waals surface area contributed by atoms with E-state index in [0.29, 0.717) is 19.5 Å². The van der Waals surface area contributed by atoms with Gasteiger partial charge in [-0.1, -0.05) is 103 Å². The fraction of sp³-hybridized carbons (Fsp3) is 0.659. The highest BCUT2D eigenvalue weighted by Gasteiger charge is 2.34. The van der Waals surface area contributed by atoms with Crippen LogP contribution in [0.5, 0.6) is 0 Å². The molecule has 1 aliphatic rings. The third-order valence-electron chi connectivity index (χ3n) is 8.35. The lowest BCUT2D eigenvalue weighted by Crippen LogP contribution is -2.34. The molecule has 0 aliphatic carbocycles. The first-order valence-electron chi connectivity index (χ1n) is 17.9. The van der Waals surface area contributed by atoms with Crippen LogP contribution >= 0.6 is 0 Å². The normalized spacial score (nSPS) is 17.1. The Hall–Kier alpha value is -1.55. The minimum absolute atomic E-state index is 0.0160. The van der Waals surface area contributed by atoms with Crippen molar-refractivity contribution in [3.05, 3.63) is 70.3 Å². The molecule has 2 aromatic carbocycles. The lowest BCUT2D eigenvalue weighted by Gasteiger charge is -2.37. The quantitative estimate of drug-likeness (QED) is 0.101. The van der Waals surface area contributed by atoms with Gasteiger partial charge in [-0.25, -0.2) is 0 Å². The van der Waals surface area contributed by atoms with Crippen LogP contribution in [-0.4, -0.2) is 38.0 Å². The number of ether oxygens (including phenoxy) is 2. The number of unbranched alkanes of at least 4 members (excludes halogenated alkanes) is 2. The van der Waals surface area contributed by atoms with Crippen molar-refractivity contribution in [1.29, 1.82) is 0 Å². The van der Waals surface area contributed by atoms with Gasteiger partial charge in [0.15, 0.2) is 6.29 Å². The third kappa shape index (κ3) is 14.5. The number of rotatable bonds is 16. The summed E-state index contributed by atoms with van der Waals surface area (Å²) in [5, 5.41) is 0.225. The van der Waals surface area contributed by atoms with Gasteiger partial charge in [0.2, 0.25) is 19.5 Å². The Kier molecular flexibility index (Phi) is 14.4. The molecular weight excluding hydrogens is 613 g/mol. The second kappa shape index (κ2) is 16.9. The smallest absolute Gasteiger partial charge is 0.236 e. The standard InChI is InChI=1S/C41H64O4Si2/c1-37(2,3)46-44-40(9,10)34-27-26-33(30-35(34)41(11,12)45-47-38(4,5)6)25-24-32-22-20-31(21-23-32)18-14-13-16-28-39(7,8)43-36-19-15-17-29-42-36/h20-27,30,36H,13-19,28-29H2,1-12H3. The minimum Gasteiger partial charge on any atom is -0.408 e. The third-order valence-corrected chi connectivity index (χ3v) is 10.8. The predicted molar refractivity (Wildman–Crippen MR) is 202 cm³/mol. The summed E-state index contributed by atoms with van der Waals surface area (Å²) in [6, 6.07) is 15.8. The van der Waals surface area contributed by atoms with E-state index in [-0.39, 0.29) is 22.0 Å². The van der Waals surface area contributed by atoms with Gasteiger partial charge in [0.05, 0.1) is 16.8 Å². The fourth-order valence-corrected chi connectivity index (χ4v) is 6.97. The minimum atomic E-state index is -0.454. The first-order chi connectivity index (χ1) is 21.7. The van der Waals surface area contributed by atoms with E-state index in [0.717, 1.165) is 32.3 Å². The maximum Gasteiger partial charge on any atom is 0.236 e. The van der Waals surface area contributed by atoms with Crippen molar-refractivity contribution in [1.82, 2.24) is 0 Å². The van der Waals surface area contributed by atoms with Gasteiger partial charge >= 0.3 is 0 Å². The van der Waals surface area contributed by atoms with Crippen LogP contribution in [0.4, 0.5) is 0 Å². The SMILES string of the molecule is CC(C)(CCCCCc1ccc(C=Cc2ccc(C(C)(C)O[Si]C(C)(C)C)c(C(C)(C)O[Si]C(C)(C)C)c2)cc1)OC1CCCCO1. The molecule has 0 spiro atoms. The Morgan fingerprint density at radius 2 is 1.26 bits per heavy atom. The molecule has 1 unspecified atom stereocenters. The molecule has 1 aliphatic heterocycles. The molecule has 3 rings (SSSR count). The van der Waals surface area contributed by atoms with Crippen LogP contribution in [0.15, 0.2) is 42.5 Å². The molecule has 1 heterocycles. The average molecular weight is 677 g/mol. The largest absolute Gasteiger partial charge is 0.408 e. The van der Waals surface area contributed by atoms with Gasteiger partial charge < -0.3 is 18.3 Å². The zero-order valence-electron chi connectivity index (χ0n) is 31.8. The summed E-state index contributed by atoms with van der Waals surface area (Å²) in [6.45, 7) is 27.4. The summed E-state index contributed by atoms with van der Waals surface area (Å²) in [6.07, 6.45) is 13.6. The molecule has 260 valence electrons. The first-order valence-corrected chi connectivity index (χ1v) is 19.7. The molecule has 0 saturated carbocycles. The van der Waals surface area contributed by atoms with E-state index in [1.54, 1.807) is 0 Å². The highest BCUT2D eigenvalue weighted by atomic mass is 28.2.